The van der Waals surface area contributed by atoms with Crippen LogP contribution in [-0.4, -0.2) is 70.8 Å². The summed E-state index contributed by atoms with van der Waals surface area (Å²) in [5.41, 5.74) is 0.902. The van der Waals surface area contributed by atoms with Gasteiger partial charge in [0.25, 0.3) is 0 Å². The molecule has 120 valence electrons. The highest BCUT2D eigenvalue weighted by Crippen LogP contribution is 2.05. The van der Waals surface area contributed by atoms with Gasteiger partial charge in [0.2, 0.25) is 11.8 Å². The normalized spacial score (nSPS) is 15.6. The molecule has 22 heavy (non-hydrogen) atoms. The minimum Gasteiger partial charge on any atom is -0.340 e. The average molecular weight is 304 g/mol. The Bertz CT molecular complexity index is 498. The van der Waals surface area contributed by atoms with Gasteiger partial charge >= 0.3 is 0 Å². The fourth-order valence-corrected chi connectivity index (χ4v) is 2.58. The molecule has 1 aromatic rings. The molecule has 6 nitrogen and oxygen atoms in total. The van der Waals surface area contributed by atoms with E-state index in [2.05, 4.69) is 9.88 Å². The van der Waals surface area contributed by atoms with Crippen molar-refractivity contribution in [1.82, 2.24) is 19.7 Å². The van der Waals surface area contributed by atoms with Gasteiger partial charge in [-0.25, -0.2) is 0 Å². The molecular weight excluding hydrogens is 280 g/mol. The van der Waals surface area contributed by atoms with E-state index in [1.54, 1.807) is 20.0 Å². The Morgan fingerprint density at radius 2 is 1.91 bits per heavy atom. The van der Waals surface area contributed by atoms with Crippen molar-refractivity contribution >= 4 is 11.8 Å². The highest BCUT2D eigenvalue weighted by Gasteiger charge is 2.19. The maximum atomic E-state index is 11.8. The van der Waals surface area contributed by atoms with E-state index in [9.17, 15) is 9.59 Å². The van der Waals surface area contributed by atoms with E-state index in [0.717, 1.165) is 38.4 Å². The molecule has 0 saturated carbocycles. The summed E-state index contributed by atoms with van der Waals surface area (Å²) in [4.78, 5) is 33.4. The first-order valence-corrected chi connectivity index (χ1v) is 7.69. The summed E-state index contributed by atoms with van der Waals surface area (Å²) in [6, 6.07) is 5.74. The van der Waals surface area contributed by atoms with Crippen molar-refractivity contribution in [3.05, 3.63) is 30.1 Å². The lowest BCUT2D eigenvalue weighted by Gasteiger charge is -2.35. The number of rotatable bonds is 5. The first-order valence-electron chi connectivity index (χ1n) is 7.69. The third-order valence-corrected chi connectivity index (χ3v) is 4.03. The van der Waals surface area contributed by atoms with E-state index in [0.29, 0.717) is 13.1 Å². The second-order valence-corrected chi connectivity index (χ2v) is 5.61. The van der Waals surface area contributed by atoms with Crippen LogP contribution in [0.4, 0.5) is 0 Å². The smallest absolute Gasteiger partial charge is 0.219 e. The Kier molecular flexibility index (Phi) is 5.89. The van der Waals surface area contributed by atoms with Crippen molar-refractivity contribution in [2.75, 3.05) is 39.3 Å². The van der Waals surface area contributed by atoms with Crippen molar-refractivity contribution < 1.29 is 9.59 Å². The van der Waals surface area contributed by atoms with Crippen LogP contribution in [0.5, 0.6) is 0 Å². The highest BCUT2D eigenvalue weighted by atomic mass is 16.2. The molecule has 1 saturated heterocycles. The Morgan fingerprint density at radius 3 is 2.45 bits per heavy atom. The lowest BCUT2D eigenvalue weighted by atomic mass is 10.3. The van der Waals surface area contributed by atoms with Crippen LogP contribution in [0.3, 0.4) is 0 Å². The molecular formula is C16H24N4O2. The number of carbonyl (C=O) groups excluding carboxylic acids is 2. The van der Waals surface area contributed by atoms with Gasteiger partial charge < -0.3 is 9.80 Å². The Hall–Kier alpha value is -1.95. The lowest BCUT2D eigenvalue weighted by Crippen LogP contribution is -2.50. The third kappa shape index (κ3) is 4.80. The Balaban J connectivity index is 1.80. The van der Waals surface area contributed by atoms with Gasteiger partial charge in [-0.15, -0.1) is 0 Å². The van der Waals surface area contributed by atoms with Gasteiger partial charge in [-0.2, -0.15) is 0 Å². The number of nitrogens with zero attached hydrogens (tertiary/aromatic N) is 4. The molecule has 0 atom stereocenters. The van der Waals surface area contributed by atoms with Gasteiger partial charge in [0.15, 0.2) is 0 Å². The number of piperazine rings is 1. The molecule has 2 amide bonds. The average Bonchev–Trinajstić information content (AvgIpc) is 2.52. The SMILES string of the molecule is CC(=O)N1CCN(CCN(Cc2ccccn2)C(C)=O)CC1. The zero-order chi connectivity index (χ0) is 15.9. The fourth-order valence-electron chi connectivity index (χ4n) is 2.58. The summed E-state index contributed by atoms with van der Waals surface area (Å²) in [5.74, 6) is 0.202. The van der Waals surface area contributed by atoms with Crippen LogP contribution in [0.15, 0.2) is 24.4 Å². The molecule has 0 bridgehead atoms. The molecule has 2 heterocycles. The van der Waals surface area contributed by atoms with Gasteiger partial charge in [0, 0.05) is 59.3 Å². The van der Waals surface area contributed by atoms with E-state index >= 15 is 0 Å². The molecule has 1 fully saturated rings. The van der Waals surface area contributed by atoms with E-state index in [1.807, 2.05) is 28.0 Å². The van der Waals surface area contributed by atoms with Crippen LogP contribution in [0.25, 0.3) is 0 Å². The Labute approximate surface area is 131 Å². The van der Waals surface area contributed by atoms with E-state index in [4.69, 9.17) is 0 Å². The van der Waals surface area contributed by atoms with Crippen LogP contribution < -0.4 is 0 Å². The maximum absolute atomic E-state index is 11.8. The van der Waals surface area contributed by atoms with Crippen LogP contribution in [0.1, 0.15) is 19.5 Å². The topological polar surface area (TPSA) is 56.8 Å². The molecule has 0 aliphatic carbocycles. The summed E-state index contributed by atoms with van der Waals surface area (Å²) in [6.45, 7) is 8.56. The second kappa shape index (κ2) is 7.89. The first kappa shape index (κ1) is 16.4. The molecule has 0 unspecified atom stereocenters. The van der Waals surface area contributed by atoms with Crippen LogP contribution >= 0.6 is 0 Å². The summed E-state index contributed by atoms with van der Waals surface area (Å²) in [7, 11) is 0. The number of hydrogen-bond donors (Lipinski definition) is 0. The van der Waals surface area contributed by atoms with Crippen molar-refractivity contribution in [3.8, 4) is 0 Å². The lowest BCUT2D eigenvalue weighted by molar-refractivity contribution is -0.130. The van der Waals surface area contributed by atoms with E-state index < -0.39 is 0 Å². The van der Waals surface area contributed by atoms with Crippen LogP contribution in [0.2, 0.25) is 0 Å². The molecule has 1 aliphatic rings. The molecule has 0 radical (unpaired) electrons. The monoisotopic (exact) mass is 304 g/mol. The molecule has 2 rings (SSSR count). The second-order valence-electron chi connectivity index (χ2n) is 5.61. The summed E-state index contributed by atoms with van der Waals surface area (Å²) >= 11 is 0. The largest absolute Gasteiger partial charge is 0.340 e. The number of pyridine rings is 1. The maximum Gasteiger partial charge on any atom is 0.219 e. The Morgan fingerprint density at radius 1 is 1.18 bits per heavy atom. The zero-order valence-corrected chi connectivity index (χ0v) is 13.4. The van der Waals surface area contributed by atoms with Crippen molar-refractivity contribution in [1.29, 1.82) is 0 Å². The van der Waals surface area contributed by atoms with Crippen LogP contribution in [-0.2, 0) is 16.1 Å². The van der Waals surface area contributed by atoms with Gasteiger partial charge in [0.1, 0.15) is 0 Å². The predicted molar refractivity (Wildman–Crippen MR) is 84.0 cm³/mol. The summed E-state index contributed by atoms with van der Waals surface area (Å²) < 4.78 is 0. The summed E-state index contributed by atoms with van der Waals surface area (Å²) in [6.07, 6.45) is 1.74. The number of aromatic nitrogens is 1. The quantitative estimate of drug-likeness (QED) is 0.799. The minimum absolute atomic E-state index is 0.0630. The van der Waals surface area contributed by atoms with Gasteiger partial charge in [-0.05, 0) is 12.1 Å². The number of carbonyl (C=O) groups is 2. The molecule has 0 spiro atoms. The molecule has 1 aromatic heterocycles. The minimum atomic E-state index is 0.0630. The van der Waals surface area contributed by atoms with E-state index in [1.165, 1.54) is 0 Å². The molecule has 6 heteroatoms. The molecule has 1 aliphatic heterocycles. The molecule has 0 N–H and O–H groups in total. The van der Waals surface area contributed by atoms with Crippen molar-refractivity contribution in [2.45, 2.75) is 20.4 Å². The third-order valence-electron chi connectivity index (χ3n) is 4.03. The standard InChI is InChI=1S/C16H24N4O2/c1-14(21)19-10-7-18(8-11-19)9-12-20(15(2)22)13-16-5-3-4-6-17-16/h3-6H,7-13H2,1-2H3. The zero-order valence-electron chi connectivity index (χ0n) is 13.4. The van der Waals surface area contributed by atoms with E-state index in [-0.39, 0.29) is 11.8 Å². The summed E-state index contributed by atoms with van der Waals surface area (Å²) in [5, 5.41) is 0. The molecule has 0 aromatic carbocycles. The van der Waals surface area contributed by atoms with Crippen molar-refractivity contribution in [2.24, 2.45) is 0 Å². The number of amides is 2. The number of hydrogen-bond acceptors (Lipinski definition) is 4. The van der Waals surface area contributed by atoms with Gasteiger partial charge in [0.05, 0.1) is 12.2 Å². The van der Waals surface area contributed by atoms with Crippen LogP contribution in [0, 0.1) is 0 Å². The van der Waals surface area contributed by atoms with Crippen molar-refractivity contribution in [3.63, 3.8) is 0 Å². The first-order chi connectivity index (χ1) is 10.6. The van der Waals surface area contributed by atoms with Gasteiger partial charge in [-0.1, -0.05) is 6.07 Å². The highest BCUT2D eigenvalue weighted by molar-refractivity contribution is 5.73. The van der Waals surface area contributed by atoms with Gasteiger partial charge in [-0.3, -0.25) is 19.5 Å². The predicted octanol–water partition coefficient (Wildman–Crippen LogP) is 0.594. The fraction of sp³-hybridized carbons (Fsp3) is 0.562.